The van der Waals surface area contributed by atoms with E-state index >= 15 is 0 Å². The molecular formula is C40H69N5O6. The van der Waals surface area contributed by atoms with Gasteiger partial charge in [-0.2, -0.15) is 0 Å². The smallest absolute Gasteiger partial charge is 0.245 e. The first-order valence-corrected chi connectivity index (χ1v) is 19.0. The van der Waals surface area contributed by atoms with Gasteiger partial charge in [-0.3, -0.25) is 19.2 Å². The van der Waals surface area contributed by atoms with Gasteiger partial charge in [-0.25, -0.2) is 0 Å². The molecule has 1 aromatic carbocycles. The normalized spacial score (nSPS) is 20.1. The molecule has 1 heterocycles. The number of amides is 4. The van der Waals surface area contributed by atoms with Crippen molar-refractivity contribution in [3.63, 3.8) is 0 Å². The van der Waals surface area contributed by atoms with Gasteiger partial charge in [0.2, 0.25) is 23.6 Å². The van der Waals surface area contributed by atoms with Gasteiger partial charge in [-0.1, -0.05) is 92.1 Å². The maximum Gasteiger partial charge on any atom is 0.245 e. The summed E-state index contributed by atoms with van der Waals surface area (Å²) in [6.45, 7) is 18.4. The van der Waals surface area contributed by atoms with Gasteiger partial charge in [-0.05, 0) is 50.1 Å². The van der Waals surface area contributed by atoms with Crippen molar-refractivity contribution in [1.82, 2.24) is 25.8 Å². The minimum Gasteiger partial charge on any atom is -0.379 e. The van der Waals surface area contributed by atoms with Crippen molar-refractivity contribution in [2.45, 2.75) is 136 Å². The molecule has 0 saturated carbocycles. The molecule has 10 unspecified atom stereocenters. The molecule has 2 rings (SSSR count). The highest BCUT2D eigenvalue weighted by molar-refractivity contribution is 5.90. The average Bonchev–Trinajstić information content (AvgIpc) is 3.59. The molecule has 51 heavy (non-hydrogen) atoms. The van der Waals surface area contributed by atoms with Crippen molar-refractivity contribution in [3.05, 3.63) is 35.9 Å². The van der Waals surface area contributed by atoms with Crippen molar-refractivity contribution in [3.8, 4) is 0 Å². The summed E-state index contributed by atoms with van der Waals surface area (Å²) in [5, 5.41) is 9.25. The lowest BCUT2D eigenvalue weighted by Gasteiger charge is -2.41. The summed E-state index contributed by atoms with van der Waals surface area (Å²) in [6.07, 6.45) is 1.27. The van der Waals surface area contributed by atoms with Crippen LogP contribution in [0.25, 0.3) is 0 Å². The number of carbonyl (C=O) groups excluding carboxylic acids is 4. The fraction of sp³-hybridized carbons (Fsp3) is 0.750. The summed E-state index contributed by atoms with van der Waals surface area (Å²) in [7, 11) is 6.67. The Bertz CT molecular complexity index is 1240. The van der Waals surface area contributed by atoms with Crippen LogP contribution < -0.4 is 16.0 Å². The van der Waals surface area contributed by atoms with E-state index in [0.717, 1.165) is 24.8 Å². The van der Waals surface area contributed by atoms with E-state index < -0.39 is 36.3 Å². The van der Waals surface area contributed by atoms with E-state index in [1.165, 1.54) is 0 Å². The maximum absolute atomic E-state index is 14.2. The Hall–Kier alpha value is -3.02. The van der Waals surface area contributed by atoms with Crippen molar-refractivity contribution >= 4 is 23.6 Å². The first kappa shape index (κ1) is 44.1. The largest absolute Gasteiger partial charge is 0.379 e. The molecule has 1 aliphatic heterocycles. The number of hydrogen-bond donors (Lipinski definition) is 3. The first-order valence-electron chi connectivity index (χ1n) is 19.0. The predicted octanol–water partition coefficient (Wildman–Crippen LogP) is 4.60. The van der Waals surface area contributed by atoms with Crippen LogP contribution >= 0.6 is 0 Å². The quantitative estimate of drug-likeness (QED) is 0.180. The third-order valence-electron chi connectivity index (χ3n) is 11.2. The number of likely N-dealkylation sites (N-methyl/N-ethyl adjacent to an activating group) is 2. The Labute approximate surface area is 308 Å². The van der Waals surface area contributed by atoms with Gasteiger partial charge in [0.15, 0.2) is 0 Å². The highest BCUT2D eigenvalue weighted by Gasteiger charge is 2.43. The fourth-order valence-corrected chi connectivity index (χ4v) is 7.58. The maximum atomic E-state index is 14.2. The highest BCUT2D eigenvalue weighted by atomic mass is 16.5. The number of hydrogen-bond acceptors (Lipinski definition) is 7. The van der Waals surface area contributed by atoms with Gasteiger partial charge in [0.05, 0.1) is 42.7 Å². The van der Waals surface area contributed by atoms with Crippen molar-refractivity contribution in [2.24, 2.45) is 23.7 Å². The van der Waals surface area contributed by atoms with E-state index in [0.29, 0.717) is 6.54 Å². The number of nitrogens with zero attached hydrogens (tertiary/aromatic N) is 2. The summed E-state index contributed by atoms with van der Waals surface area (Å²) in [5.41, 5.74) is 1.16. The summed E-state index contributed by atoms with van der Waals surface area (Å²) in [4.78, 5) is 58.5. The van der Waals surface area contributed by atoms with Crippen LogP contribution in [0, 0.1) is 23.7 Å². The van der Waals surface area contributed by atoms with Crippen LogP contribution in [-0.2, 0) is 28.7 Å². The Kier molecular flexibility index (Phi) is 18.1. The number of likely N-dealkylation sites (tertiary alicyclic amines) is 1. The molecule has 1 saturated heterocycles. The van der Waals surface area contributed by atoms with Gasteiger partial charge in [0, 0.05) is 39.8 Å². The summed E-state index contributed by atoms with van der Waals surface area (Å²) in [6, 6.07) is 8.16. The van der Waals surface area contributed by atoms with Gasteiger partial charge in [0.1, 0.15) is 6.04 Å². The molecule has 1 aromatic rings. The Morgan fingerprint density at radius 3 is 2.00 bits per heavy atom. The van der Waals surface area contributed by atoms with Gasteiger partial charge in [0.25, 0.3) is 0 Å². The monoisotopic (exact) mass is 716 g/mol. The van der Waals surface area contributed by atoms with Gasteiger partial charge in [-0.15, -0.1) is 0 Å². The summed E-state index contributed by atoms with van der Waals surface area (Å²) < 4.78 is 12.0. The van der Waals surface area contributed by atoms with Crippen LogP contribution in [-0.4, -0.2) is 111 Å². The molecule has 0 spiro atoms. The predicted molar refractivity (Wildman–Crippen MR) is 203 cm³/mol. The van der Waals surface area contributed by atoms with Crippen LogP contribution in [0.15, 0.2) is 30.3 Å². The van der Waals surface area contributed by atoms with Crippen LogP contribution in [0.1, 0.15) is 99.5 Å². The summed E-state index contributed by atoms with van der Waals surface area (Å²) in [5.74, 6) is -1.11. The molecule has 290 valence electrons. The number of carbonyl (C=O) groups is 4. The van der Waals surface area contributed by atoms with E-state index in [-0.39, 0.29) is 65.8 Å². The first-order chi connectivity index (χ1) is 24.0. The molecule has 0 radical (unpaired) electrons. The molecule has 0 bridgehead atoms. The van der Waals surface area contributed by atoms with Crippen molar-refractivity contribution in [2.75, 3.05) is 34.9 Å². The molecule has 1 fully saturated rings. The van der Waals surface area contributed by atoms with Crippen LogP contribution in [0.3, 0.4) is 0 Å². The lowest BCUT2D eigenvalue weighted by atomic mass is 9.89. The molecule has 0 aliphatic carbocycles. The minimum atomic E-state index is -0.742. The lowest BCUT2D eigenvalue weighted by Crippen LogP contribution is -2.59. The van der Waals surface area contributed by atoms with E-state index in [1.54, 1.807) is 33.2 Å². The van der Waals surface area contributed by atoms with E-state index in [9.17, 15) is 19.2 Å². The molecule has 0 aromatic heterocycles. The minimum absolute atomic E-state index is 0.00557. The fourth-order valence-electron chi connectivity index (χ4n) is 7.58. The number of methoxy groups -OCH3 is 2. The SMILES string of the molecule is CCC(C)C(C(CC(=O)N1CCCC1C(OC)C(C)C(=O)NC(C)C(C)c1ccccc1)OC)N(C)C(=O)C(NC(=O)C(NC)C(C)C)C(C)C. The second-order valence-electron chi connectivity index (χ2n) is 15.3. The number of rotatable bonds is 20. The average molecular weight is 716 g/mol. The standard InChI is InChI=1S/C40H69N5O6/c1-14-26(6)36(44(11)40(49)35(25(4)5)43-39(48)34(41-10)24(2)3)32(50-12)23-33(46)45-22-18-21-31(45)37(51-13)28(8)38(47)42-29(9)27(7)30-19-16-15-17-20-30/h15-17,19-20,24-29,31-32,34-37,41H,14,18,21-23H2,1-13H3,(H,42,47)(H,43,48). The number of nitrogens with one attached hydrogen (secondary N) is 3. The molecule has 1 aliphatic rings. The second-order valence-corrected chi connectivity index (χ2v) is 15.3. The molecule has 11 nitrogen and oxygen atoms in total. The van der Waals surface area contributed by atoms with E-state index in [2.05, 4.69) is 48.9 Å². The molecule has 4 amide bonds. The molecular weight excluding hydrogens is 646 g/mol. The zero-order valence-electron chi connectivity index (χ0n) is 33.7. The van der Waals surface area contributed by atoms with Crippen LogP contribution in [0.2, 0.25) is 0 Å². The zero-order valence-corrected chi connectivity index (χ0v) is 33.7. The Morgan fingerprint density at radius 2 is 1.49 bits per heavy atom. The highest BCUT2D eigenvalue weighted by Crippen LogP contribution is 2.30. The van der Waals surface area contributed by atoms with Crippen LogP contribution in [0.4, 0.5) is 0 Å². The lowest BCUT2D eigenvalue weighted by molar-refractivity contribution is -0.147. The zero-order chi connectivity index (χ0) is 38.6. The Balaban J connectivity index is 2.24. The van der Waals surface area contributed by atoms with Crippen molar-refractivity contribution in [1.29, 1.82) is 0 Å². The van der Waals surface area contributed by atoms with Gasteiger partial charge >= 0.3 is 0 Å². The molecule has 10 atom stereocenters. The number of ether oxygens (including phenoxy) is 2. The van der Waals surface area contributed by atoms with Crippen LogP contribution in [0.5, 0.6) is 0 Å². The second kappa shape index (κ2) is 20.9. The van der Waals surface area contributed by atoms with E-state index in [1.807, 2.05) is 64.6 Å². The van der Waals surface area contributed by atoms with E-state index in [4.69, 9.17) is 9.47 Å². The molecule has 3 N–H and O–H groups in total. The third kappa shape index (κ3) is 11.5. The number of benzene rings is 1. The summed E-state index contributed by atoms with van der Waals surface area (Å²) >= 11 is 0. The Morgan fingerprint density at radius 1 is 0.882 bits per heavy atom. The van der Waals surface area contributed by atoms with Gasteiger partial charge < -0.3 is 35.2 Å². The third-order valence-corrected chi connectivity index (χ3v) is 11.2. The topological polar surface area (TPSA) is 129 Å². The van der Waals surface area contributed by atoms with Crippen molar-refractivity contribution < 1.29 is 28.7 Å². The molecule has 11 heteroatoms.